The van der Waals surface area contributed by atoms with Gasteiger partial charge >= 0.3 is 6.18 Å². The molecular weight excluding hydrogens is 515 g/mol. The van der Waals surface area contributed by atoms with E-state index in [9.17, 15) is 18.0 Å². The van der Waals surface area contributed by atoms with Crippen molar-refractivity contribution in [3.63, 3.8) is 0 Å². The lowest BCUT2D eigenvalue weighted by Gasteiger charge is -2.28. The molecular formula is C26H32F3N7O3. The summed E-state index contributed by atoms with van der Waals surface area (Å²) in [4.78, 5) is 19.0. The highest BCUT2D eigenvalue weighted by Gasteiger charge is 2.32. The number of hydrogen-bond donors (Lipinski definition) is 4. The zero-order valence-electron chi connectivity index (χ0n) is 21.9. The van der Waals surface area contributed by atoms with Crippen molar-refractivity contribution < 1.29 is 27.4 Å². The summed E-state index contributed by atoms with van der Waals surface area (Å²) in [6.45, 7) is 5.00. The number of carbonyl (C=O) groups excluding carboxylic acids is 1. The van der Waals surface area contributed by atoms with Crippen molar-refractivity contribution in [3.8, 4) is 0 Å². The third-order valence-electron chi connectivity index (χ3n) is 5.94. The number of anilines is 3. The number of rotatable bonds is 8. The van der Waals surface area contributed by atoms with Crippen LogP contribution in [-0.4, -0.2) is 44.3 Å². The van der Waals surface area contributed by atoms with E-state index < -0.39 is 17.6 Å². The number of morpholine rings is 1. The number of hydrogen-bond acceptors (Lipinski definition) is 9. The maximum absolute atomic E-state index is 13.6. The second-order valence-corrected chi connectivity index (χ2v) is 8.72. The standard InChI is InChI=1S/C26H32F3N7O3/c1-16-4-5-18(11-22(16)36(32)15-21(31)19(14-30)10-17(2)38-3)25(37)34-23-12-20(26(27,28)29)13-24(33-23)35-6-8-39-9-7-35/h4-5,10-15H,6-9,30-32H2,1-3H3,(H,33,34,37)/b17-10+,19-14+,21-15-. The molecule has 0 saturated carbocycles. The number of benzene rings is 1. The second-order valence-electron chi connectivity index (χ2n) is 8.72. The average molecular weight is 548 g/mol. The molecule has 2 heterocycles. The van der Waals surface area contributed by atoms with E-state index >= 15 is 0 Å². The van der Waals surface area contributed by atoms with E-state index in [0.29, 0.717) is 48.9 Å². The quantitative estimate of drug-likeness (QED) is 0.169. The summed E-state index contributed by atoms with van der Waals surface area (Å²) in [5.74, 6) is 5.99. The van der Waals surface area contributed by atoms with Gasteiger partial charge in [0.25, 0.3) is 5.91 Å². The van der Waals surface area contributed by atoms with Gasteiger partial charge in [0, 0.05) is 36.6 Å². The molecule has 0 bridgehead atoms. The smallest absolute Gasteiger partial charge is 0.416 e. The van der Waals surface area contributed by atoms with Crippen LogP contribution in [0.2, 0.25) is 0 Å². The predicted octanol–water partition coefficient (Wildman–Crippen LogP) is 3.37. The van der Waals surface area contributed by atoms with Gasteiger partial charge in [-0.3, -0.25) is 9.80 Å². The first-order valence-corrected chi connectivity index (χ1v) is 11.9. The Kier molecular flexibility index (Phi) is 9.43. The van der Waals surface area contributed by atoms with Crippen molar-refractivity contribution in [2.45, 2.75) is 20.0 Å². The maximum atomic E-state index is 13.6. The minimum absolute atomic E-state index is 0.100. The average Bonchev–Trinajstić information content (AvgIpc) is 2.91. The summed E-state index contributed by atoms with van der Waals surface area (Å²) in [7, 11) is 1.51. The number of carbonyl (C=O) groups is 1. The number of aryl methyl sites for hydroxylation is 1. The molecule has 1 saturated heterocycles. The van der Waals surface area contributed by atoms with E-state index in [4.69, 9.17) is 26.8 Å². The highest BCUT2D eigenvalue weighted by atomic mass is 19.4. The van der Waals surface area contributed by atoms with Gasteiger partial charge in [-0.2, -0.15) is 13.2 Å². The Bertz CT molecular complexity index is 1290. The summed E-state index contributed by atoms with van der Waals surface area (Å²) in [5, 5.41) is 3.70. The van der Waals surface area contributed by atoms with Crippen LogP contribution in [0.4, 0.5) is 30.5 Å². The van der Waals surface area contributed by atoms with Crippen molar-refractivity contribution in [3.05, 3.63) is 82.5 Å². The first kappa shape index (κ1) is 29.3. The van der Waals surface area contributed by atoms with Crippen molar-refractivity contribution in [2.75, 3.05) is 48.6 Å². The molecule has 39 heavy (non-hydrogen) atoms. The van der Waals surface area contributed by atoms with Crippen molar-refractivity contribution in [2.24, 2.45) is 17.3 Å². The number of amides is 1. The Hall–Kier alpha value is -4.23. The number of aromatic nitrogens is 1. The molecule has 1 aromatic heterocycles. The molecule has 10 nitrogen and oxygen atoms in total. The molecule has 1 amide bonds. The molecule has 0 unspecified atom stereocenters. The monoisotopic (exact) mass is 547 g/mol. The largest absolute Gasteiger partial charge is 0.501 e. The van der Waals surface area contributed by atoms with Crippen LogP contribution in [0.25, 0.3) is 0 Å². The fourth-order valence-corrected chi connectivity index (χ4v) is 3.71. The van der Waals surface area contributed by atoms with Gasteiger partial charge in [-0.1, -0.05) is 6.07 Å². The fourth-order valence-electron chi connectivity index (χ4n) is 3.71. The molecule has 0 radical (unpaired) electrons. The second kappa shape index (κ2) is 12.5. The number of alkyl halides is 3. The Morgan fingerprint density at radius 1 is 1.23 bits per heavy atom. The van der Waals surface area contributed by atoms with E-state index in [0.717, 1.165) is 12.1 Å². The van der Waals surface area contributed by atoms with Crippen LogP contribution >= 0.6 is 0 Å². The number of halogens is 3. The highest BCUT2D eigenvalue weighted by Crippen LogP contribution is 2.33. The van der Waals surface area contributed by atoms with Gasteiger partial charge in [0.05, 0.1) is 43.0 Å². The van der Waals surface area contributed by atoms with E-state index in [1.807, 2.05) is 0 Å². The maximum Gasteiger partial charge on any atom is 0.416 e. The molecule has 0 spiro atoms. The molecule has 0 atom stereocenters. The van der Waals surface area contributed by atoms with E-state index in [2.05, 4.69) is 10.3 Å². The number of hydrazine groups is 1. The van der Waals surface area contributed by atoms with Crippen LogP contribution in [-0.2, 0) is 15.7 Å². The number of nitrogens with one attached hydrogen (secondary N) is 1. The third-order valence-corrected chi connectivity index (χ3v) is 5.94. The van der Waals surface area contributed by atoms with Crippen LogP contribution in [0.5, 0.6) is 0 Å². The SMILES string of the molecule is CO/C(C)=C/C(=C\N)C(/N)=C/N(N)c1cc(C(=O)Nc2cc(C(F)(F)F)cc(N3CCOCC3)n2)ccc1C. The number of ether oxygens (including phenoxy) is 2. The normalized spacial score (nSPS) is 15.3. The number of methoxy groups -OCH3 is 1. The zero-order chi connectivity index (χ0) is 28.7. The molecule has 210 valence electrons. The number of allylic oxidation sites excluding steroid dienone is 2. The molecule has 2 aromatic rings. The van der Waals surface area contributed by atoms with Crippen LogP contribution in [0.3, 0.4) is 0 Å². The topological polar surface area (TPSA) is 145 Å². The van der Waals surface area contributed by atoms with E-state index in [1.165, 1.54) is 36.7 Å². The van der Waals surface area contributed by atoms with Gasteiger partial charge in [-0.25, -0.2) is 10.8 Å². The molecule has 3 rings (SSSR count). The van der Waals surface area contributed by atoms with Gasteiger partial charge in [-0.05, 0) is 49.8 Å². The van der Waals surface area contributed by atoms with Gasteiger partial charge < -0.3 is 31.2 Å². The van der Waals surface area contributed by atoms with Crippen LogP contribution in [0.15, 0.2) is 65.8 Å². The van der Waals surface area contributed by atoms with Crippen LogP contribution in [0.1, 0.15) is 28.4 Å². The summed E-state index contributed by atoms with van der Waals surface area (Å²) in [5.41, 5.74) is 12.9. The lowest BCUT2D eigenvalue weighted by Crippen LogP contribution is -2.37. The van der Waals surface area contributed by atoms with E-state index in [-0.39, 0.29) is 22.9 Å². The number of nitrogens with two attached hydrogens (primary N) is 3. The minimum Gasteiger partial charge on any atom is -0.501 e. The summed E-state index contributed by atoms with van der Waals surface area (Å²) >= 11 is 0. The fraction of sp³-hybridized carbons (Fsp3) is 0.308. The predicted molar refractivity (Wildman–Crippen MR) is 143 cm³/mol. The summed E-state index contributed by atoms with van der Waals surface area (Å²) < 4.78 is 51.2. The number of nitrogens with zero attached hydrogens (tertiary/aromatic N) is 3. The molecule has 7 N–H and O–H groups in total. The van der Waals surface area contributed by atoms with Crippen molar-refractivity contribution in [1.29, 1.82) is 0 Å². The molecule has 1 aliphatic rings. The molecule has 1 aliphatic heterocycles. The van der Waals surface area contributed by atoms with Gasteiger partial charge in [0.2, 0.25) is 0 Å². The molecule has 1 aromatic carbocycles. The van der Waals surface area contributed by atoms with Crippen LogP contribution < -0.4 is 32.5 Å². The van der Waals surface area contributed by atoms with Crippen molar-refractivity contribution in [1.82, 2.24) is 4.98 Å². The lowest BCUT2D eigenvalue weighted by molar-refractivity contribution is -0.137. The van der Waals surface area contributed by atoms with Gasteiger partial charge in [0.15, 0.2) is 0 Å². The minimum atomic E-state index is -4.62. The molecule has 0 aliphatic carbocycles. The van der Waals surface area contributed by atoms with Crippen molar-refractivity contribution >= 4 is 23.2 Å². The van der Waals surface area contributed by atoms with E-state index in [1.54, 1.807) is 30.9 Å². The first-order valence-electron chi connectivity index (χ1n) is 11.9. The molecule has 1 fully saturated rings. The van der Waals surface area contributed by atoms with Gasteiger partial charge in [0.1, 0.15) is 11.6 Å². The summed E-state index contributed by atoms with van der Waals surface area (Å²) in [6.07, 6.45) is -0.276. The van der Waals surface area contributed by atoms with Gasteiger partial charge in [-0.15, -0.1) is 0 Å². The number of pyridine rings is 1. The molecule has 13 heteroatoms. The Labute approximate surface area is 224 Å². The Balaban J connectivity index is 1.88. The summed E-state index contributed by atoms with van der Waals surface area (Å²) in [6, 6.07) is 6.43. The zero-order valence-corrected chi connectivity index (χ0v) is 21.9. The van der Waals surface area contributed by atoms with Crippen LogP contribution in [0, 0.1) is 6.92 Å². The lowest BCUT2D eigenvalue weighted by atomic mass is 10.1. The Morgan fingerprint density at radius 2 is 1.92 bits per heavy atom. The highest BCUT2D eigenvalue weighted by molar-refractivity contribution is 6.04. The third kappa shape index (κ3) is 7.65. The first-order chi connectivity index (χ1) is 18.4. The Morgan fingerprint density at radius 3 is 2.54 bits per heavy atom.